The predicted octanol–water partition coefficient (Wildman–Crippen LogP) is 8.29. The number of hydrogen-bond acceptors (Lipinski definition) is 13. The first-order valence-corrected chi connectivity index (χ1v) is 24.1. The van der Waals surface area contributed by atoms with Crippen LogP contribution in [0, 0.1) is 17.1 Å². The number of benzene rings is 1. The molecule has 3 heterocycles. The lowest BCUT2D eigenvalue weighted by atomic mass is 9.92. The van der Waals surface area contributed by atoms with Gasteiger partial charge < -0.3 is 35.1 Å². The summed E-state index contributed by atoms with van der Waals surface area (Å²) in [5.74, 6) is -0.318. The zero-order chi connectivity index (χ0) is 44.8. The molecule has 1 unspecified atom stereocenters. The van der Waals surface area contributed by atoms with Crippen molar-refractivity contribution in [3.05, 3.63) is 58.8 Å². The number of ether oxygens (including phenoxy) is 3. The Kier molecular flexibility index (Phi) is 22.4. The second-order valence-corrected chi connectivity index (χ2v) is 17.7. The first-order valence-electron chi connectivity index (χ1n) is 22.6. The molecule has 4 rings (SSSR count). The highest BCUT2D eigenvalue weighted by Crippen LogP contribution is 2.46. The van der Waals surface area contributed by atoms with Crippen molar-refractivity contribution in [2.75, 3.05) is 39.2 Å². The Morgan fingerprint density at radius 1 is 0.984 bits per heavy atom. The lowest BCUT2D eigenvalue weighted by Crippen LogP contribution is -2.43. The Bertz CT molecular complexity index is 1900. The number of rotatable bonds is 32. The Morgan fingerprint density at radius 2 is 1.63 bits per heavy atom. The molecule has 346 valence electrons. The zero-order valence-corrected chi connectivity index (χ0v) is 37.9. The number of aliphatic hydroxyl groups excluding tert-OH is 2. The van der Waals surface area contributed by atoms with Gasteiger partial charge in [-0.1, -0.05) is 117 Å². The third kappa shape index (κ3) is 15.4. The number of hydrogen-bond donors (Lipinski definition) is 4. The molecule has 0 radical (unpaired) electrons. The standard InChI is InChI=1S/C45H70FN6O9P/c1-4-6-7-8-9-10-11-12-13-14-15-16-17-18-19-20-24-57-29-36(58-28-34-25-35(27-47)37(21-5-2)38(46)26-34)30-59-62(55,56)60-31-40-42(53)43(54)45(61-40,32-49-3)41-23-22-39-44(48)50-33-51-52(39)41/h22-23,25-26,32-33,36,40,42-43,53-54H,4-21,24,28-31H2,1-3H3,(H,55,56)(H2,48,50,51)/t36-,40-,42-,43-,45+/m1/s1. The van der Waals surface area contributed by atoms with Gasteiger partial charge in [0.1, 0.15) is 42.1 Å². The summed E-state index contributed by atoms with van der Waals surface area (Å²) in [7, 11) is -3.34. The molecule has 0 saturated carbocycles. The molecule has 1 aliphatic rings. The molecule has 0 bridgehead atoms. The number of anilines is 1. The summed E-state index contributed by atoms with van der Waals surface area (Å²) in [6.07, 6.45) is 18.4. The third-order valence-electron chi connectivity index (χ3n) is 11.3. The molecule has 17 heteroatoms. The number of aliphatic hydroxyl groups is 2. The van der Waals surface area contributed by atoms with Gasteiger partial charge in [-0.05, 0) is 42.7 Å². The number of nitrogens with two attached hydrogens (primary N) is 1. The first kappa shape index (κ1) is 51.3. The average Bonchev–Trinajstić information content (AvgIpc) is 3.80. The number of phosphoric acid groups is 1. The van der Waals surface area contributed by atoms with Gasteiger partial charge >= 0.3 is 7.82 Å². The number of aromatic nitrogens is 3. The summed E-state index contributed by atoms with van der Waals surface area (Å²) in [4.78, 5) is 18.8. The molecule has 2 aromatic heterocycles. The molecule has 62 heavy (non-hydrogen) atoms. The molecular formula is C45H70FN6O9P. The molecule has 15 nitrogen and oxygen atoms in total. The van der Waals surface area contributed by atoms with E-state index < -0.39 is 56.9 Å². The van der Waals surface area contributed by atoms with Crippen LogP contribution in [0.3, 0.4) is 0 Å². The minimum atomic E-state index is -4.80. The van der Waals surface area contributed by atoms with E-state index in [1.54, 1.807) is 18.2 Å². The molecule has 3 aromatic rings. The van der Waals surface area contributed by atoms with Crippen molar-refractivity contribution >= 4 is 25.4 Å². The van der Waals surface area contributed by atoms with E-state index in [0.717, 1.165) is 19.3 Å². The largest absolute Gasteiger partial charge is 0.472 e. The third-order valence-corrected chi connectivity index (χ3v) is 12.3. The number of fused-ring (bicyclic) bond motifs is 1. The Hall–Kier alpha value is -3.36. The summed E-state index contributed by atoms with van der Waals surface area (Å²) in [5, 5.41) is 36.2. The molecule has 0 aliphatic carbocycles. The van der Waals surface area contributed by atoms with Gasteiger partial charge in [0.2, 0.25) is 0 Å². The van der Waals surface area contributed by atoms with Crippen molar-refractivity contribution in [2.45, 2.75) is 166 Å². The Morgan fingerprint density at radius 3 is 2.24 bits per heavy atom. The maximum Gasteiger partial charge on any atom is 0.472 e. The van der Waals surface area contributed by atoms with Crippen LogP contribution >= 0.6 is 7.82 Å². The molecular weight excluding hydrogens is 818 g/mol. The number of halogens is 1. The molecule has 0 spiro atoms. The normalized spacial score (nSPS) is 20.6. The fourth-order valence-corrected chi connectivity index (χ4v) is 8.66. The zero-order valence-electron chi connectivity index (χ0n) is 37.0. The molecule has 6 atom stereocenters. The fourth-order valence-electron chi connectivity index (χ4n) is 7.89. The minimum absolute atomic E-state index is 0.00903. The molecule has 1 fully saturated rings. The van der Waals surface area contributed by atoms with Gasteiger partial charge in [-0.15, -0.1) is 0 Å². The molecule has 0 amide bonds. The summed E-state index contributed by atoms with van der Waals surface area (Å²) in [5.41, 5.74) is 5.98. The van der Waals surface area contributed by atoms with Crippen LogP contribution in [0.15, 0.2) is 35.6 Å². The van der Waals surface area contributed by atoms with Crippen molar-refractivity contribution in [1.29, 1.82) is 5.26 Å². The minimum Gasteiger partial charge on any atom is -0.387 e. The lowest BCUT2D eigenvalue weighted by molar-refractivity contribution is -0.0626. The number of nitrogens with zero attached hydrogens (tertiary/aromatic N) is 5. The van der Waals surface area contributed by atoms with Crippen LogP contribution < -0.4 is 5.73 Å². The fraction of sp³-hybridized carbons (Fsp3) is 0.689. The summed E-state index contributed by atoms with van der Waals surface area (Å²) in [6, 6.07) is 8.18. The maximum absolute atomic E-state index is 15.0. The summed E-state index contributed by atoms with van der Waals surface area (Å²) in [6.45, 7) is 3.42. The number of nitriles is 1. The van der Waals surface area contributed by atoms with Crippen LogP contribution in [-0.4, -0.2) is 93.8 Å². The van der Waals surface area contributed by atoms with E-state index in [9.17, 15) is 29.3 Å². The van der Waals surface area contributed by atoms with E-state index in [-0.39, 0.29) is 30.3 Å². The van der Waals surface area contributed by atoms with E-state index in [0.29, 0.717) is 36.1 Å². The van der Waals surface area contributed by atoms with E-state index in [1.807, 2.05) is 6.92 Å². The second-order valence-electron chi connectivity index (χ2n) is 16.3. The quantitative estimate of drug-likeness (QED) is 0.0264. The van der Waals surface area contributed by atoms with Crippen molar-refractivity contribution in [3.8, 4) is 6.07 Å². The van der Waals surface area contributed by atoms with Crippen molar-refractivity contribution in [1.82, 2.24) is 14.6 Å². The second kappa shape index (κ2) is 27.1. The van der Waals surface area contributed by atoms with Gasteiger partial charge in [-0.25, -0.2) is 18.5 Å². The SMILES string of the molecule is CCCCCCCCCCCCCCCCCCOC[C@H](COP(=O)(O)OC[C@H]1O[C@@](C=NC)(c2ccc3c(N)ncnn23)[C@H](O)[C@@H]1O)OCc1cc(F)c(CCC)c(C#N)c1. The molecule has 5 N–H and O–H groups in total. The molecule has 1 aliphatic heterocycles. The van der Waals surface area contributed by atoms with E-state index in [2.05, 4.69) is 28.1 Å². The van der Waals surface area contributed by atoms with Crippen LogP contribution in [0.25, 0.3) is 5.52 Å². The van der Waals surface area contributed by atoms with Crippen molar-refractivity contribution < 1.29 is 47.3 Å². The molecule has 1 saturated heterocycles. The number of phosphoric ester groups is 1. The highest BCUT2D eigenvalue weighted by Gasteiger charge is 2.56. The van der Waals surface area contributed by atoms with Gasteiger partial charge in [-0.2, -0.15) is 10.4 Å². The van der Waals surface area contributed by atoms with Crippen LogP contribution in [0.5, 0.6) is 0 Å². The van der Waals surface area contributed by atoms with Gasteiger partial charge in [0.25, 0.3) is 0 Å². The summed E-state index contributed by atoms with van der Waals surface area (Å²) >= 11 is 0. The highest BCUT2D eigenvalue weighted by molar-refractivity contribution is 7.47. The molecule has 1 aromatic carbocycles. The number of unbranched alkanes of at least 4 members (excludes halogenated alkanes) is 15. The van der Waals surface area contributed by atoms with Gasteiger partial charge in [0.05, 0.1) is 43.8 Å². The van der Waals surface area contributed by atoms with E-state index >= 15 is 0 Å². The van der Waals surface area contributed by atoms with Gasteiger partial charge in [0.15, 0.2) is 11.4 Å². The topological polar surface area (TPSA) is 216 Å². The average molecular weight is 889 g/mol. The van der Waals surface area contributed by atoms with E-state index in [1.165, 1.54) is 114 Å². The van der Waals surface area contributed by atoms with Crippen LogP contribution in [0.2, 0.25) is 0 Å². The Labute approximate surface area is 366 Å². The summed E-state index contributed by atoms with van der Waals surface area (Å²) < 4.78 is 58.3. The first-order chi connectivity index (χ1) is 30.0. The van der Waals surface area contributed by atoms with Gasteiger partial charge in [0, 0.05) is 25.4 Å². The van der Waals surface area contributed by atoms with Crippen LogP contribution in [-0.2, 0) is 46.5 Å². The van der Waals surface area contributed by atoms with Crippen molar-refractivity contribution in [2.24, 2.45) is 4.99 Å². The van der Waals surface area contributed by atoms with Crippen LogP contribution in [0.4, 0.5) is 10.2 Å². The monoisotopic (exact) mass is 888 g/mol. The predicted molar refractivity (Wildman–Crippen MR) is 236 cm³/mol. The Balaban J connectivity index is 1.26. The van der Waals surface area contributed by atoms with Crippen LogP contribution in [0.1, 0.15) is 145 Å². The lowest BCUT2D eigenvalue weighted by Gasteiger charge is -2.27. The number of aliphatic imine (C=N–C) groups is 1. The highest BCUT2D eigenvalue weighted by atomic mass is 31.2. The van der Waals surface area contributed by atoms with Gasteiger partial charge in [-0.3, -0.25) is 14.0 Å². The number of nitrogen functional groups attached to an aromatic ring is 1. The van der Waals surface area contributed by atoms with E-state index in [4.69, 9.17) is 29.0 Å². The smallest absolute Gasteiger partial charge is 0.387 e. The van der Waals surface area contributed by atoms with Crippen molar-refractivity contribution in [3.63, 3.8) is 0 Å². The maximum atomic E-state index is 15.0.